The van der Waals surface area contributed by atoms with E-state index in [4.69, 9.17) is 10.5 Å². The van der Waals surface area contributed by atoms with Gasteiger partial charge in [0.25, 0.3) is 0 Å². The Bertz CT molecular complexity index is 488. The SMILES string of the molecule is COCCCS(=O)(=O)Cc1ccc(CN)cc1F. The quantitative estimate of drug-likeness (QED) is 0.760. The molecule has 0 radical (unpaired) electrons. The van der Waals surface area contributed by atoms with Gasteiger partial charge in [-0.15, -0.1) is 0 Å². The number of rotatable bonds is 7. The van der Waals surface area contributed by atoms with Gasteiger partial charge in [0.1, 0.15) is 5.82 Å². The number of benzene rings is 1. The zero-order valence-corrected chi connectivity index (χ0v) is 11.2. The van der Waals surface area contributed by atoms with E-state index in [0.717, 1.165) is 0 Å². The molecule has 102 valence electrons. The van der Waals surface area contributed by atoms with Crippen molar-refractivity contribution in [3.05, 3.63) is 35.1 Å². The highest BCUT2D eigenvalue weighted by Gasteiger charge is 2.14. The van der Waals surface area contributed by atoms with Gasteiger partial charge in [0.2, 0.25) is 0 Å². The second-order valence-electron chi connectivity index (χ2n) is 4.07. The molecule has 0 aliphatic heterocycles. The maximum absolute atomic E-state index is 13.6. The summed E-state index contributed by atoms with van der Waals surface area (Å²) in [4.78, 5) is 0. The Labute approximate surface area is 107 Å². The summed E-state index contributed by atoms with van der Waals surface area (Å²) in [6.45, 7) is 0.617. The molecule has 4 nitrogen and oxygen atoms in total. The first-order chi connectivity index (χ1) is 8.48. The fraction of sp³-hybridized carbons (Fsp3) is 0.500. The highest BCUT2D eigenvalue weighted by Crippen LogP contribution is 2.14. The van der Waals surface area contributed by atoms with Gasteiger partial charge in [-0.2, -0.15) is 0 Å². The molecular weight excluding hydrogens is 257 g/mol. The van der Waals surface area contributed by atoms with Gasteiger partial charge in [-0.1, -0.05) is 12.1 Å². The second kappa shape index (κ2) is 6.82. The van der Waals surface area contributed by atoms with Crippen molar-refractivity contribution in [2.24, 2.45) is 5.73 Å². The molecule has 0 atom stereocenters. The Morgan fingerprint density at radius 2 is 2.11 bits per heavy atom. The number of halogens is 1. The number of hydrogen-bond acceptors (Lipinski definition) is 4. The fourth-order valence-electron chi connectivity index (χ4n) is 1.57. The molecule has 0 saturated carbocycles. The minimum Gasteiger partial charge on any atom is -0.385 e. The van der Waals surface area contributed by atoms with Crippen LogP contribution in [0.4, 0.5) is 4.39 Å². The highest BCUT2D eigenvalue weighted by atomic mass is 32.2. The molecule has 1 aromatic rings. The minimum atomic E-state index is -3.30. The molecule has 0 aliphatic carbocycles. The van der Waals surface area contributed by atoms with Gasteiger partial charge in [0.05, 0.1) is 11.5 Å². The number of ether oxygens (including phenoxy) is 1. The Balaban J connectivity index is 2.72. The molecular formula is C12H18FNO3S. The monoisotopic (exact) mass is 275 g/mol. The molecule has 18 heavy (non-hydrogen) atoms. The van der Waals surface area contributed by atoms with Crippen molar-refractivity contribution in [3.8, 4) is 0 Å². The van der Waals surface area contributed by atoms with Crippen molar-refractivity contribution in [3.63, 3.8) is 0 Å². The lowest BCUT2D eigenvalue weighted by Crippen LogP contribution is -2.12. The summed E-state index contributed by atoms with van der Waals surface area (Å²) in [7, 11) is -1.79. The molecule has 2 N–H and O–H groups in total. The number of sulfone groups is 1. The van der Waals surface area contributed by atoms with Gasteiger partial charge in [-0.25, -0.2) is 12.8 Å². The van der Waals surface area contributed by atoms with E-state index < -0.39 is 15.7 Å². The number of methoxy groups -OCH3 is 1. The largest absolute Gasteiger partial charge is 0.385 e. The third-order valence-corrected chi connectivity index (χ3v) is 4.19. The fourth-order valence-corrected chi connectivity index (χ4v) is 2.98. The molecule has 0 spiro atoms. The topological polar surface area (TPSA) is 69.4 Å². The predicted molar refractivity (Wildman–Crippen MR) is 68.3 cm³/mol. The van der Waals surface area contributed by atoms with Crippen LogP contribution in [0.3, 0.4) is 0 Å². The first-order valence-corrected chi connectivity index (χ1v) is 7.47. The summed E-state index contributed by atoms with van der Waals surface area (Å²) >= 11 is 0. The van der Waals surface area contributed by atoms with Gasteiger partial charge in [-0.3, -0.25) is 0 Å². The van der Waals surface area contributed by atoms with Crippen molar-refractivity contribution in [2.75, 3.05) is 19.5 Å². The van der Waals surface area contributed by atoms with Gasteiger partial charge in [0.15, 0.2) is 9.84 Å². The van der Waals surface area contributed by atoms with E-state index >= 15 is 0 Å². The van der Waals surface area contributed by atoms with Crippen LogP contribution in [0.15, 0.2) is 18.2 Å². The molecule has 1 aromatic carbocycles. The molecule has 0 aliphatic rings. The average Bonchev–Trinajstić information content (AvgIpc) is 2.31. The van der Waals surface area contributed by atoms with Crippen LogP contribution >= 0.6 is 0 Å². The van der Waals surface area contributed by atoms with Crippen molar-refractivity contribution in [2.45, 2.75) is 18.7 Å². The van der Waals surface area contributed by atoms with E-state index in [2.05, 4.69) is 0 Å². The molecule has 0 saturated heterocycles. The van der Waals surface area contributed by atoms with Crippen molar-refractivity contribution in [1.82, 2.24) is 0 Å². The van der Waals surface area contributed by atoms with Crippen LogP contribution in [0, 0.1) is 5.82 Å². The number of hydrogen-bond donors (Lipinski definition) is 1. The van der Waals surface area contributed by atoms with Crippen LogP contribution in [0.1, 0.15) is 17.5 Å². The van der Waals surface area contributed by atoms with Crippen molar-refractivity contribution >= 4 is 9.84 Å². The standard InChI is InChI=1S/C12H18FNO3S/c1-17-5-2-6-18(15,16)9-11-4-3-10(8-14)7-12(11)13/h3-4,7H,2,5-6,8-9,14H2,1H3. The summed E-state index contributed by atoms with van der Waals surface area (Å²) in [5.74, 6) is -0.806. The van der Waals surface area contributed by atoms with E-state index in [0.29, 0.717) is 18.6 Å². The summed E-state index contributed by atoms with van der Waals surface area (Å²) in [6, 6.07) is 4.40. The zero-order chi connectivity index (χ0) is 13.6. The molecule has 1 rings (SSSR count). The van der Waals surface area contributed by atoms with Crippen LogP contribution in [0.25, 0.3) is 0 Å². The van der Waals surface area contributed by atoms with Gasteiger partial charge >= 0.3 is 0 Å². The van der Waals surface area contributed by atoms with Gasteiger partial charge < -0.3 is 10.5 Å². The first-order valence-electron chi connectivity index (χ1n) is 5.65. The molecule has 0 bridgehead atoms. The van der Waals surface area contributed by atoms with E-state index in [1.165, 1.54) is 19.2 Å². The molecule has 0 amide bonds. The van der Waals surface area contributed by atoms with E-state index in [-0.39, 0.29) is 23.6 Å². The molecule has 6 heteroatoms. The van der Waals surface area contributed by atoms with E-state index in [1.54, 1.807) is 6.07 Å². The Morgan fingerprint density at radius 3 is 2.67 bits per heavy atom. The zero-order valence-electron chi connectivity index (χ0n) is 10.4. The Morgan fingerprint density at radius 1 is 1.39 bits per heavy atom. The molecule has 0 fully saturated rings. The minimum absolute atomic E-state index is 0.00107. The smallest absolute Gasteiger partial charge is 0.154 e. The second-order valence-corrected chi connectivity index (χ2v) is 6.25. The Hall–Kier alpha value is -0.980. The normalized spacial score (nSPS) is 11.7. The summed E-state index contributed by atoms with van der Waals surface area (Å²) in [5, 5.41) is 0. The lowest BCUT2D eigenvalue weighted by Gasteiger charge is -2.06. The lowest BCUT2D eigenvalue weighted by atomic mass is 10.1. The van der Waals surface area contributed by atoms with Crippen molar-refractivity contribution in [1.29, 1.82) is 0 Å². The summed E-state index contributed by atoms with van der Waals surface area (Å²) in [6.07, 6.45) is 0.418. The van der Waals surface area contributed by atoms with Gasteiger partial charge in [0, 0.05) is 25.8 Å². The lowest BCUT2D eigenvalue weighted by molar-refractivity contribution is 0.199. The molecule has 0 aromatic heterocycles. The third kappa shape index (κ3) is 4.72. The van der Waals surface area contributed by atoms with Crippen LogP contribution < -0.4 is 5.73 Å². The first kappa shape index (κ1) is 15.1. The highest BCUT2D eigenvalue weighted by molar-refractivity contribution is 7.90. The average molecular weight is 275 g/mol. The molecule has 0 unspecified atom stereocenters. The third-order valence-electron chi connectivity index (χ3n) is 2.53. The van der Waals surface area contributed by atoms with Crippen LogP contribution in [0.2, 0.25) is 0 Å². The van der Waals surface area contributed by atoms with Crippen molar-refractivity contribution < 1.29 is 17.5 Å². The predicted octanol–water partition coefficient (Wildman–Crippen LogP) is 1.24. The Kier molecular flexibility index (Phi) is 5.71. The van der Waals surface area contributed by atoms with Crippen LogP contribution in [-0.4, -0.2) is 27.9 Å². The van der Waals surface area contributed by atoms with E-state index in [9.17, 15) is 12.8 Å². The summed E-state index contributed by atoms with van der Waals surface area (Å²) in [5.41, 5.74) is 6.21. The number of nitrogens with two attached hydrogens (primary N) is 1. The van der Waals surface area contributed by atoms with E-state index in [1.807, 2.05) is 0 Å². The summed E-state index contributed by atoms with van der Waals surface area (Å²) < 4.78 is 41.9. The maximum atomic E-state index is 13.6. The maximum Gasteiger partial charge on any atom is 0.154 e. The van der Waals surface area contributed by atoms with Crippen LogP contribution in [0.5, 0.6) is 0 Å². The van der Waals surface area contributed by atoms with Gasteiger partial charge in [-0.05, 0) is 18.1 Å². The molecule has 0 heterocycles. The van der Waals surface area contributed by atoms with Crippen LogP contribution in [-0.2, 0) is 26.9 Å².